The maximum absolute atomic E-state index is 14.0. The van der Waals surface area contributed by atoms with Crippen LogP contribution in [0.25, 0.3) is 0 Å². The standard InChI is InChI=1S/C21H16F3O2P/c22-15-4-1-7-18(12-15)27(11-10-21(25)26,19-8-2-5-16(23)13-19)20-9-3-6-17(24)14-20/h1-9,12-14H,10-11H2/p+1. The zero-order valence-corrected chi connectivity index (χ0v) is 15.2. The summed E-state index contributed by atoms with van der Waals surface area (Å²) < 4.78 is 42.1. The highest BCUT2D eigenvalue weighted by Gasteiger charge is 2.46. The third-order valence-electron chi connectivity index (χ3n) is 4.41. The monoisotopic (exact) mass is 389 g/mol. The molecular weight excluding hydrogens is 372 g/mol. The van der Waals surface area contributed by atoms with Crippen LogP contribution in [0.4, 0.5) is 13.2 Å². The summed E-state index contributed by atoms with van der Waals surface area (Å²) >= 11 is 0. The largest absolute Gasteiger partial charge is 0.481 e. The molecule has 0 aromatic heterocycles. The molecule has 0 unspecified atom stereocenters. The fourth-order valence-corrected chi connectivity index (χ4v) is 7.49. The summed E-state index contributed by atoms with van der Waals surface area (Å²) in [6.07, 6.45) is -0.0873. The third kappa shape index (κ3) is 4.04. The number of carboxylic acids is 1. The maximum atomic E-state index is 14.0. The number of carbonyl (C=O) groups is 1. The highest BCUT2D eigenvalue weighted by molar-refractivity contribution is 7.95. The van der Waals surface area contributed by atoms with Gasteiger partial charge in [0.1, 0.15) is 40.6 Å². The zero-order valence-electron chi connectivity index (χ0n) is 14.3. The van der Waals surface area contributed by atoms with E-state index >= 15 is 0 Å². The fraction of sp³-hybridized carbons (Fsp3) is 0.0952. The van der Waals surface area contributed by atoms with Crippen molar-refractivity contribution in [2.45, 2.75) is 6.42 Å². The fourth-order valence-electron chi connectivity index (χ4n) is 3.24. The molecule has 6 heteroatoms. The van der Waals surface area contributed by atoms with Gasteiger partial charge in [0.25, 0.3) is 0 Å². The van der Waals surface area contributed by atoms with Crippen LogP contribution < -0.4 is 15.9 Å². The minimum absolute atomic E-state index is 0.124. The van der Waals surface area contributed by atoms with Crippen molar-refractivity contribution in [1.29, 1.82) is 0 Å². The van der Waals surface area contributed by atoms with Crippen molar-refractivity contribution < 1.29 is 23.1 Å². The van der Waals surface area contributed by atoms with Crippen molar-refractivity contribution in [3.8, 4) is 0 Å². The van der Waals surface area contributed by atoms with Crippen LogP contribution >= 0.6 is 7.26 Å². The van der Waals surface area contributed by atoms with Crippen LogP contribution in [-0.4, -0.2) is 17.2 Å². The van der Waals surface area contributed by atoms with Crippen LogP contribution in [0.5, 0.6) is 0 Å². The molecule has 3 rings (SSSR count). The van der Waals surface area contributed by atoms with E-state index in [9.17, 15) is 23.1 Å². The molecule has 0 amide bonds. The normalized spacial score (nSPS) is 11.4. The van der Waals surface area contributed by atoms with Gasteiger partial charge >= 0.3 is 5.97 Å². The Hall–Kier alpha value is -2.65. The Morgan fingerprint density at radius 2 is 1.11 bits per heavy atom. The summed E-state index contributed by atoms with van der Waals surface area (Å²) in [5.74, 6) is -2.48. The molecular formula is C21H17F3O2P+. The molecule has 0 aliphatic heterocycles. The van der Waals surface area contributed by atoms with Crippen molar-refractivity contribution in [2.24, 2.45) is 0 Å². The number of rotatable bonds is 6. The molecule has 0 aliphatic rings. The second kappa shape index (κ2) is 7.93. The van der Waals surface area contributed by atoms with Gasteiger partial charge in [0.15, 0.2) is 0 Å². The van der Waals surface area contributed by atoms with Crippen molar-refractivity contribution in [2.75, 3.05) is 6.16 Å². The lowest BCUT2D eigenvalue weighted by Gasteiger charge is -2.27. The molecule has 0 saturated heterocycles. The molecule has 3 aromatic rings. The first-order chi connectivity index (χ1) is 12.9. The van der Waals surface area contributed by atoms with E-state index in [-0.39, 0.29) is 12.6 Å². The van der Waals surface area contributed by atoms with Crippen LogP contribution in [0, 0.1) is 17.5 Å². The Bertz CT molecular complexity index is 864. The SMILES string of the molecule is O=C(O)CC[P+](c1cccc(F)c1)(c1cccc(F)c1)c1cccc(F)c1. The van der Waals surface area contributed by atoms with E-state index in [4.69, 9.17) is 0 Å². The molecule has 0 radical (unpaired) electrons. The molecule has 0 atom stereocenters. The average Bonchev–Trinajstić information content (AvgIpc) is 2.62. The molecule has 138 valence electrons. The van der Waals surface area contributed by atoms with Crippen LogP contribution in [0.1, 0.15) is 6.42 Å². The second-order valence-electron chi connectivity index (χ2n) is 6.12. The van der Waals surface area contributed by atoms with Gasteiger partial charge in [0.05, 0.1) is 12.6 Å². The molecule has 0 heterocycles. The van der Waals surface area contributed by atoms with Gasteiger partial charge in [-0.1, -0.05) is 18.2 Å². The predicted molar refractivity (Wildman–Crippen MR) is 102 cm³/mol. The van der Waals surface area contributed by atoms with Crippen molar-refractivity contribution in [3.63, 3.8) is 0 Å². The van der Waals surface area contributed by atoms with Gasteiger partial charge in [-0.05, 0) is 36.4 Å². The molecule has 2 nitrogen and oxygen atoms in total. The summed E-state index contributed by atoms with van der Waals surface area (Å²) in [5.41, 5.74) is 0. The number of hydrogen-bond acceptors (Lipinski definition) is 1. The topological polar surface area (TPSA) is 37.3 Å². The first kappa shape index (κ1) is 19.1. The molecule has 0 saturated carbocycles. The van der Waals surface area contributed by atoms with Gasteiger partial charge in [-0.15, -0.1) is 0 Å². The highest BCUT2D eigenvalue weighted by atomic mass is 31.2. The zero-order chi connectivity index (χ0) is 19.4. The van der Waals surface area contributed by atoms with Gasteiger partial charge in [-0.25, -0.2) is 13.2 Å². The maximum Gasteiger partial charge on any atom is 0.307 e. The van der Waals surface area contributed by atoms with E-state index in [1.54, 1.807) is 18.2 Å². The molecule has 3 aromatic carbocycles. The summed E-state index contributed by atoms with van der Waals surface area (Å²) in [6, 6.07) is 17.5. The van der Waals surface area contributed by atoms with Gasteiger partial charge < -0.3 is 5.11 Å². The van der Waals surface area contributed by atoms with Crippen LogP contribution in [0.2, 0.25) is 0 Å². The smallest absolute Gasteiger partial charge is 0.307 e. The van der Waals surface area contributed by atoms with Crippen LogP contribution in [0.15, 0.2) is 72.8 Å². The summed E-state index contributed by atoms with van der Waals surface area (Å²) in [5, 5.41) is 10.9. The minimum atomic E-state index is -2.79. The molecule has 0 bridgehead atoms. The highest BCUT2D eigenvalue weighted by Crippen LogP contribution is 2.56. The number of benzene rings is 3. The number of carboxylic acid groups (broad SMARTS) is 1. The molecule has 27 heavy (non-hydrogen) atoms. The summed E-state index contributed by atoms with van der Waals surface area (Å²) in [4.78, 5) is 11.3. The quantitative estimate of drug-likeness (QED) is 0.650. The van der Waals surface area contributed by atoms with Gasteiger partial charge in [0.2, 0.25) is 0 Å². The second-order valence-corrected chi connectivity index (χ2v) is 9.73. The van der Waals surface area contributed by atoms with E-state index in [2.05, 4.69) is 0 Å². The van der Waals surface area contributed by atoms with Crippen molar-refractivity contribution in [3.05, 3.63) is 90.2 Å². The first-order valence-electron chi connectivity index (χ1n) is 8.30. The minimum Gasteiger partial charge on any atom is -0.481 e. The lowest BCUT2D eigenvalue weighted by Crippen LogP contribution is -2.34. The van der Waals surface area contributed by atoms with Crippen LogP contribution in [0.3, 0.4) is 0 Å². The Morgan fingerprint density at radius 3 is 1.41 bits per heavy atom. The Kier molecular flexibility index (Phi) is 5.62. The predicted octanol–water partition coefficient (Wildman–Crippen LogP) is 3.87. The van der Waals surface area contributed by atoms with Crippen LogP contribution in [-0.2, 0) is 4.79 Å². The van der Waals surface area contributed by atoms with Gasteiger partial charge in [0, 0.05) is 18.2 Å². The first-order valence-corrected chi connectivity index (χ1v) is 10.3. The Labute approximate surface area is 155 Å². The van der Waals surface area contributed by atoms with Gasteiger partial charge in [-0.3, -0.25) is 4.79 Å². The molecule has 0 fully saturated rings. The molecule has 1 N–H and O–H groups in total. The van der Waals surface area contributed by atoms with E-state index in [1.165, 1.54) is 54.6 Å². The van der Waals surface area contributed by atoms with E-state index in [0.717, 1.165) is 0 Å². The van der Waals surface area contributed by atoms with Crippen molar-refractivity contribution in [1.82, 2.24) is 0 Å². The molecule has 0 spiro atoms. The average molecular weight is 389 g/mol. The summed E-state index contributed by atoms with van der Waals surface area (Å²) in [6.45, 7) is 0. The lowest BCUT2D eigenvalue weighted by molar-refractivity contribution is -0.136. The van der Waals surface area contributed by atoms with E-state index in [0.29, 0.717) is 15.9 Å². The van der Waals surface area contributed by atoms with Crippen molar-refractivity contribution >= 4 is 29.1 Å². The Morgan fingerprint density at radius 1 is 0.741 bits per heavy atom. The Balaban J connectivity index is 2.35. The number of halogens is 3. The lowest BCUT2D eigenvalue weighted by atomic mass is 10.3. The summed E-state index contributed by atoms with van der Waals surface area (Å²) in [7, 11) is -2.79. The van der Waals surface area contributed by atoms with Gasteiger partial charge in [-0.2, -0.15) is 0 Å². The number of aliphatic carboxylic acids is 1. The van der Waals surface area contributed by atoms with E-state index in [1.807, 2.05) is 0 Å². The number of hydrogen-bond donors (Lipinski definition) is 1. The molecule has 0 aliphatic carbocycles. The van der Waals surface area contributed by atoms with E-state index < -0.39 is 30.7 Å². The third-order valence-corrected chi connectivity index (χ3v) is 8.78.